The number of pyridine rings is 1. The second-order valence-corrected chi connectivity index (χ2v) is 8.25. The van der Waals surface area contributed by atoms with E-state index >= 15 is 0 Å². The van der Waals surface area contributed by atoms with Crippen LogP contribution in [0.2, 0.25) is 0 Å². The topological polar surface area (TPSA) is 57.7 Å². The Hall–Kier alpha value is -2.76. The van der Waals surface area contributed by atoms with Crippen molar-refractivity contribution in [3.05, 3.63) is 77.0 Å². The summed E-state index contributed by atoms with van der Waals surface area (Å²) in [4.78, 5) is 16.7. The first-order valence-corrected chi connectivity index (χ1v) is 10.1. The predicted molar refractivity (Wildman–Crippen MR) is 117 cm³/mol. The van der Waals surface area contributed by atoms with Crippen molar-refractivity contribution < 1.29 is 19.0 Å². The highest BCUT2D eigenvalue weighted by molar-refractivity contribution is 5.92. The largest absolute Gasteiger partial charge is 0.465 e. The quantitative estimate of drug-likeness (QED) is 0.463. The molecule has 158 valence electrons. The number of nitrogens with zero attached hydrogens (tertiary/aromatic N) is 1. The summed E-state index contributed by atoms with van der Waals surface area (Å²) in [6.45, 7) is 7.94. The minimum absolute atomic E-state index is 0.175. The summed E-state index contributed by atoms with van der Waals surface area (Å²) >= 11 is 0. The normalized spacial score (nSPS) is 11.6. The van der Waals surface area contributed by atoms with Crippen molar-refractivity contribution in [2.24, 2.45) is 5.41 Å². The summed E-state index contributed by atoms with van der Waals surface area (Å²) in [6, 6.07) is 17.8. The minimum atomic E-state index is -0.336. The molecule has 0 radical (unpaired) electrons. The van der Waals surface area contributed by atoms with Crippen molar-refractivity contribution >= 4 is 16.9 Å². The van der Waals surface area contributed by atoms with Gasteiger partial charge in [0.15, 0.2) is 0 Å². The van der Waals surface area contributed by atoms with E-state index in [1.54, 1.807) is 0 Å². The van der Waals surface area contributed by atoms with E-state index in [0.717, 1.165) is 27.7 Å². The molecule has 3 rings (SSSR count). The second-order valence-electron chi connectivity index (χ2n) is 8.25. The van der Waals surface area contributed by atoms with Crippen molar-refractivity contribution in [3.8, 4) is 0 Å². The van der Waals surface area contributed by atoms with E-state index in [1.165, 1.54) is 7.11 Å². The number of carbonyl (C=O) groups excluding carboxylic acids is 1. The summed E-state index contributed by atoms with van der Waals surface area (Å²) < 4.78 is 16.8. The molecule has 1 aromatic heterocycles. The Bertz CT molecular complexity index is 1010. The Morgan fingerprint density at radius 1 is 0.933 bits per heavy atom. The zero-order valence-corrected chi connectivity index (χ0v) is 18.1. The molecule has 0 atom stereocenters. The molecule has 0 fully saturated rings. The molecule has 2 aromatic carbocycles. The van der Waals surface area contributed by atoms with E-state index in [1.807, 2.05) is 55.5 Å². The maximum Gasteiger partial charge on any atom is 0.338 e. The third-order valence-corrected chi connectivity index (χ3v) is 4.90. The van der Waals surface area contributed by atoms with Gasteiger partial charge in [-0.2, -0.15) is 0 Å². The van der Waals surface area contributed by atoms with Gasteiger partial charge in [-0.15, -0.1) is 0 Å². The number of hydrogen-bond donors (Lipinski definition) is 0. The molecule has 0 saturated carbocycles. The van der Waals surface area contributed by atoms with E-state index in [9.17, 15) is 4.79 Å². The first-order valence-electron chi connectivity index (χ1n) is 10.1. The Balaban J connectivity index is 1.51. The monoisotopic (exact) mass is 407 g/mol. The first-order chi connectivity index (χ1) is 14.4. The molecule has 0 saturated heterocycles. The summed E-state index contributed by atoms with van der Waals surface area (Å²) in [7, 11) is 1.39. The Kier molecular flexibility index (Phi) is 7.19. The van der Waals surface area contributed by atoms with Crippen molar-refractivity contribution in [1.82, 2.24) is 4.98 Å². The summed E-state index contributed by atoms with van der Waals surface area (Å²) in [5.74, 6) is -0.336. The molecule has 0 aliphatic heterocycles. The lowest BCUT2D eigenvalue weighted by Gasteiger charge is -2.24. The lowest BCUT2D eigenvalue weighted by molar-refractivity contribution is -0.0151. The Morgan fingerprint density at radius 2 is 1.67 bits per heavy atom. The van der Waals surface area contributed by atoms with Crippen molar-refractivity contribution in [2.75, 3.05) is 20.3 Å². The first kappa shape index (κ1) is 21.9. The van der Waals surface area contributed by atoms with Crippen molar-refractivity contribution in [2.45, 2.75) is 34.0 Å². The minimum Gasteiger partial charge on any atom is -0.465 e. The van der Waals surface area contributed by atoms with Gasteiger partial charge in [-0.05, 0) is 30.2 Å². The molecule has 0 spiro atoms. The van der Waals surface area contributed by atoms with Crippen LogP contribution < -0.4 is 0 Å². The average molecular weight is 408 g/mol. The molecule has 0 unspecified atom stereocenters. The highest BCUT2D eigenvalue weighted by Gasteiger charge is 2.20. The van der Waals surface area contributed by atoms with Crippen LogP contribution in [0.4, 0.5) is 0 Å². The summed E-state index contributed by atoms with van der Waals surface area (Å²) in [6.07, 6.45) is 0. The van der Waals surface area contributed by atoms with Crippen LogP contribution in [-0.2, 0) is 27.4 Å². The number of hydrogen-bond acceptors (Lipinski definition) is 5. The van der Waals surface area contributed by atoms with Crippen LogP contribution in [0, 0.1) is 12.3 Å². The van der Waals surface area contributed by atoms with Gasteiger partial charge in [-0.25, -0.2) is 4.79 Å². The molecule has 0 aliphatic rings. The smallest absolute Gasteiger partial charge is 0.338 e. The molecule has 5 nitrogen and oxygen atoms in total. The number of carbonyl (C=O) groups is 1. The number of fused-ring (bicyclic) bond motifs is 1. The SMILES string of the molecule is COC(=O)c1c(C)cccc1COCC(C)(C)COCc1ccc2ccccc2n1. The highest BCUT2D eigenvalue weighted by Crippen LogP contribution is 2.21. The fourth-order valence-corrected chi connectivity index (χ4v) is 3.34. The van der Waals surface area contributed by atoms with Gasteiger partial charge in [-0.1, -0.05) is 56.3 Å². The van der Waals surface area contributed by atoms with Gasteiger partial charge in [0.2, 0.25) is 0 Å². The average Bonchev–Trinajstić information content (AvgIpc) is 2.73. The molecule has 0 N–H and O–H groups in total. The fraction of sp³-hybridized carbons (Fsp3) is 0.360. The van der Waals surface area contributed by atoms with Crippen LogP contribution in [0.3, 0.4) is 0 Å². The maximum atomic E-state index is 12.1. The van der Waals surface area contributed by atoms with Crippen LogP contribution in [0.15, 0.2) is 54.6 Å². The second kappa shape index (κ2) is 9.83. The van der Waals surface area contributed by atoms with Crippen LogP contribution in [0.25, 0.3) is 10.9 Å². The van der Waals surface area contributed by atoms with Crippen molar-refractivity contribution in [3.63, 3.8) is 0 Å². The predicted octanol–water partition coefficient (Wildman–Crippen LogP) is 5.09. The van der Waals surface area contributed by atoms with E-state index < -0.39 is 0 Å². The number of benzene rings is 2. The molecule has 30 heavy (non-hydrogen) atoms. The van der Waals surface area contributed by atoms with Gasteiger partial charge >= 0.3 is 5.97 Å². The van der Waals surface area contributed by atoms with Crippen LogP contribution in [0.5, 0.6) is 0 Å². The zero-order chi connectivity index (χ0) is 21.6. The summed E-state index contributed by atoms with van der Waals surface area (Å²) in [5.41, 5.74) is 4.00. The van der Waals surface area contributed by atoms with E-state index in [4.69, 9.17) is 14.2 Å². The van der Waals surface area contributed by atoms with E-state index in [0.29, 0.717) is 32.0 Å². The highest BCUT2D eigenvalue weighted by atomic mass is 16.5. The van der Waals surface area contributed by atoms with E-state index in [2.05, 4.69) is 24.9 Å². The van der Waals surface area contributed by atoms with Crippen LogP contribution >= 0.6 is 0 Å². The number of ether oxygens (including phenoxy) is 3. The van der Waals surface area contributed by atoms with Gasteiger partial charge in [0.05, 0.1) is 50.3 Å². The molecule has 3 aromatic rings. The van der Waals surface area contributed by atoms with Gasteiger partial charge in [0.1, 0.15) is 0 Å². The van der Waals surface area contributed by atoms with E-state index in [-0.39, 0.29) is 11.4 Å². The van der Waals surface area contributed by atoms with Gasteiger partial charge in [0, 0.05) is 10.8 Å². The third-order valence-electron chi connectivity index (χ3n) is 4.90. The van der Waals surface area contributed by atoms with Gasteiger partial charge < -0.3 is 14.2 Å². The summed E-state index contributed by atoms with van der Waals surface area (Å²) in [5, 5.41) is 1.12. The molecular weight excluding hydrogens is 378 g/mol. The lowest BCUT2D eigenvalue weighted by Crippen LogP contribution is -2.25. The molecule has 0 bridgehead atoms. The number of rotatable bonds is 9. The molecule has 0 aliphatic carbocycles. The zero-order valence-electron chi connectivity index (χ0n) is 18.1. The van der Waals surface area contributed by atoms with Crippen LogP contribution in [0.1, 0.15) is 41.0 Å². The maximum absolute atomic E-state index is 12.1. The van der Waals surface area contributed by atoms with Gasteiger partial charge in [-0.3, -0.25) is 4.98 Å². The lowest BCUT2D eigenvalue weighted by atomic mass is 9.96. The fourth-order valence-electron chi connectivity index (χ4n) is 3.34. The molecule has 1 heterocycles. The number of para-hydroxylation sites is 1. The number of aryl methyl sites for hydroxylation is 1. The number of esters is 1. The molecule has 0 amide bonds. The molecule has 5 heteroatoms. The molecular formula is C25H29NO4. The Labute approximate surface area is 178 Å². The Morgan fingerprint density at radius 3 is 2.43 bits per heavy atom. The standard InChI is InChI=1S/C25H29NO4/c1-18-8-7-10-20(23(18)24(27)28-4)14-29-16-25(2,3)17-30-15-21-13-12-19-9-5-6-11-22(19)26-21/h5-13H,14-17H2,1-4H3. The van der Waals surface area contributed by atoms with Crippen molar-refractivity contribution in [1.29, 1.82) is 0 Å². The third kappa shape index (κ3) is 5.65. The van der Waals surface area contributed by atoms with Gasteiger partial charge in [0.25, 0.3) is 0 Å². The number of aromatic nitrogens is 1. The van der Waals surface area contributed by atoms with Crippen LogP contribution in [-0.4, -0.2) is 31.3 Å². The number of methoxy groups -OCH3 is 1.